The van der Waals surface area contributed by atoms with E-state index in [1.807, 2.05) is 13.8 Å². The second-order valence-corrected chi connectivity index (χ2v) is 4.57. The average Bonchev–Trinajstić information content (AvgIpc) is 2.36. The number of hydrogen-bond donors (Lipinski definition) is 4. The lowest BCUT2D eigenvalue weighted by molar-refractivity contribution is -0.118. The van der Waals surface area contributed by atoms with E-state index in [1.54, 1.807) is 24.3 Å². The molecule has 0 aliphatic rings. The summed E-state index contributed by atoms with van der Waals surface area (Å²) in [6.07, 6.45) is 0. The van der Waals surface area contributed by atoms with Crippen LogP contribution < -0.4 is 16.4 Å². The molecule has 1 unspecified atom stereocenters. The SMILES string of the molecule is CC(C)C(NC(N)=O)C(=O)Nc1ccc(CO)cc1. The van der Waals surface area contributed by atoms with Crippen molar-refractivity contribution in [3.05, 3.63) is 29.8 Å². The van der Waals surface area contributed by atoms with E-state index in [1.165, 1.54) is 0 Å². The fourth-order valence-corrected chi connectivity index (χ4v) is 1.60. The number of benzene rings is 1. The Morgan fingerprint density at radius 3 is 2.26 bits per heavy atom. The van der Waals surface area contributed by atoms with Gasteiger partial charge in [-0.25, -0.2) is 4.79 Å². The summed E-state index contributed by atoms with van der Waals surface area (Å²) in [7, 11) is 0. The number of aliphatic hydroxyl groups excluding tert-OH is 1. The van der Waals surface area contributed by atoms with Gasteiger partial charge in [0.15, 0.2) is 0 Å². The van der Waals surface area contributed by atoms with Crippen LogP contribution in [0.4, 0.5) is 10.5 Å². The first-order valence-corrected chi connectivity index (χ1v) is 6.00. The second kappa shape index (κ2) is 6.75. The van der Waals surface area contributed by atoms with E-state index in [2.05, 4.69) is 10.6 Å². The molecule has 0 aliphatic heterocycles. The maximum absolute atomic E-state index is 12.0. The molecule has 1 atom stereocenters. The van der Waals surface area contributed by atoms with Crippen molar-refractivity contribution < 1.29 is 14.7 Å². The molecule has 6 nitrogen and oxygen atoms in total. The number of primary amides is 1. The zero-order valence-electron chi connectivity index (χ0n) is 11.0. The molecule has 1 rings (SSSR count). The van der Waals surface area contributed by atoms with E-state index in [0.717, 1.165) is 5.56 Å². The van der Waals surface area contributed by atoms with E-state index in [-0.39, 0.29) is 18.4 Å². The van der Waals surface area contributed by atoms with E-state index >= 15 is 0 Å². The fourth-order valence-electron chi connectivity index (χ4n) is 1.60. The molecule has 0 heterocycles. The maximum Gasteiger partial charge on any atom is 0.312 e. The Kier molecular flexibility index (Phi) is 5.32. The summed E-state index contributed by atoms with van der Waals surface area (Å²) < 4.78 is 0. The zero-order valence-corrected chi connectivity index (χ0v) is 11.0. The monoisotopic (exact) mass is 265 g/mol. The van der Waals surface area contributed by atoms with Crippen LogP contribution in [-0.2, 0) is 11.4 Å². The first-order chi connectivity index (χ1) is 8.93. The highest BCUT2D eigenvalue weighted by molar-refractivity contribution is 5.97. The molecule has 19 heavy (non-hydrogen) atoms. The summed E-state index contributed by atoms with van der Waals surface area (Å²) >= 11 is 0. The lowest BCUT2D eigenvalue weighted by Crippen LogP contribution is -2.49. The molecular formula is C13H19N3O3. The van der Waals surface area contributed by atoms with Crippen molar-refractivity contribution in [2.24, 2.45) is 11.7 Å². The van der Waals surface area contributed by atoms with Crippen LogP contribution in [0.15, 0.2) is 24.3 Å². The van der Waals surface area contributed by atoms with Gasteiger partial charge in [-0.2, -0.15) is 0 Å². The highest BCUT2D eigenvalue weighted by atomic mass is 16.3. The molecule has 6 heteroatoms. The number of aliphatic hydroxyl groups is 1. The number of nitrogens with one attached hydrogen (secondary N) is 2. The average molecular weight is 265 g/mol. The Morgan fingerprint density at radius 2 is 1.84 bits per heavy atom. The molecule has 0 saturated carbocycles. The minimum atomic E-state index is -0.732. The second-order valence-electron chi connectivity index (χ2n) is 4.57. The van der Waals surface area contributed by atoms with Crippen molar-refractivity contribution in [2.45, 2.75) is 26.5 Å². The first-order valence-electron chi connectivity index (χ1n) is 6.00. The lowest BCUT2D eigenvalue weighted by atomic mass is 10.0. The van der Waals surface area contributed by atoms with Gasteiger partial charge in [0.25, 0.3) is 0 Å². The molecule has 0 saturated heterocycles. The number of anilines is 1. The van der Waals surface area contributed by atoms with Crippen LogP contribution in [0.2, 0.25) is 0 Å². The van der Waals surface area contributed by atoms with Gasteiger partial charge in [0.1, 0.15) is 6.04 Å². The Balaban J connectivity index is 2.72. The molecule has 0 fully saturated rings. The van der Waals surface area contributed by atoms with Crippen molar-refractivity contribution in [1.29, 1.82) is 0 Å². The van der Waals surface area contributed by atoms with Crippen LogP contribution in [0.1, 0.15) is 19.4 Å². The van der Waals surface area contributed by atoms with E-state index in [4.69, 9.17) is 10.8 Å². The quantitative estimate of drug-likeness (QED) is 0.633. The summed E-state index contributed by atoms with van der Waals surface area (Å²) in [5, 5.41) is 14.0. The maximum atomic E-state index is 12.0. The van der Waals surface area contributed by atoms with Crippen LogP contribution in [0.25, 0.3) is 0 Å². The van der Waals surface area contributed by atoms with Crippen LogP contribution in [0.3, 0.4) is 0 Å². The van der Waals surface area contributed by atoms with Gasteiger partial charge in [-0.05, 0) is 23.6 Å². The molecule has 1 aromatic rings. The van der Waals surface area contributed by atoms with Crippen LogP contribution in [-0.4, -0.2) is 23.1 Å². The number of hydrogen-bond acceptors (Lipinski definition) is 3. The van der Waals surface area contributed by atoms with E-state index in [0.29, 0.717) is 5.69 Å². The molecule has 0 spiro atoms. The van der Waals surface area contributed by atoms with Crippen molar-refractivity contribution in [2.75, 3.05) is 5.32 Å². The number of carbonyl (C=O) groups is 2. The highest BCUT2D eigenvalue weighted by Crippen LogP contribution is 2.11. The lowest BCUT2D eigenvalue weighted by Gasteiger charge is -2.20. The Hall–Kier alpha value is -2.08. The van der Waals surface area contributed by atoms with Gasteiger partial charge in [-0.3, -0.25) is 4.79 Å². The van der Waals surface area contributed by atoms with Gasteiger partial charge in [-0.15, -0.1) is 0 Å². The van der Waals surface area contributed by atoms with Crippen molar-refractivity contribution >= 4 is 17.6 Å². The summed E-state index contributed by atoms with van der Waals surface area (Å²) in [5.74, 6) is -0.408. The Morgan fingerprint density at radius 1 is 1.26 bits per heavy atom. The topological polar surface area (TPSA) is 104 Å². The minimum absolute atomic E-state index is 0.0495. The van der Waals surface area contributed by atoms with Crippen molar-refractivity contribution in [3.63, 3.8) is 0 Å². The Bertz CT molecular complexity index is 443. The van der Waals surface area contributed by atoms with Crippen LogP contribution in [0, 0.1) is 5.92 Å². The number of rotatable bonds is 5. The third kappa shape index (κ3) is 4.59. The predicted molar refractivity (Wildman–Crippen MR) is 72.3 cm³/mol. The van der Waals surface area contributed by atoms with Crippen molar-refractivity contribution in [1.82, 2.24) is 5.32 Å². The smallest absolute Gasteiger partial charge is 0.312 e. The van der Waals surface area contributed by atoms with Gasteiger partial charge in [-0.1, -0.05) is 26.0 Å². The van der Waals surface area contributed by atoms with E-state index in [9.17, 15) is 9.59 Å². The van der Waals surface area contributed by atoms with E-state index < -0.39 is 12.1 Å². The number of urea groups is 1. The van der Waals surface area contributed by atoms with Gasteiger partial charge in [0.05, 0.1) is 6.61 Å². The molecule has 1 aromatic carbocycles. The van der Waals surface area contributed by atoms with Crippen molar-refractivity contribution in [3.8, 4) is 0 Å². The summed E-state index contributed by atoms with van der Waals surface area (Å²) in [5.41, 5.74) is 6.40. The van der Waals surface area contributed by atoms with Gasteiger partial charge < -0.3 is 21.5 Å². The fraction of sp³-hybridized carbons (Fsp3) is 0.385. The number of amides is 3. The molecule has 0 aromatic heterocycles. The van der Waals surface area contributed by atoms with Gasteiger partial charge in [0.2, 0.25) is 5.91 Å². The molecule has 0 aliphatic carbocycles. The molecule has 104 valence electrons. The molecule has 3 amide bonds. The zero-order chi connectivity index (χ0) is 14.4. The van der Waals surface area contributed by atoms with Gasteiger partial charge >= 0.3 is 6.03 Å². The van der Waals surface area contributed by atoms with Crippen LogP contribution in [0.5, 0.6) is 0 Å². The number of nitrogens with two attached hydrogens (primary N) is 1. The Labute approximate surface area is 112 Å². The summed E-state index contributed by atoms with van der Waals surface area (Å²) in [4.78, 5) is 22.9. The largest absolute Gasteiger partial charge is 0.392 e. The first kappa shape index (κ1) is 15.0. The molecule has 5 N–H and O–H groups in total. The number of carbonyl (C=O) groups excluding carboxylic acids is 2. The highest BCUT2D eigenvalue weighted by Gasteiger charge is 2.23. The predicted octanol–water partition coefficient (Wildman–Crippen LogP) is 0.810. The third-order valence-corrected chi connectivity index (χ3v) is 2.65. The molecule has 0 radical (unpaired) electrons. The summed E-state index contributed by atoms with van der Waals surface area (Å²) in [6, 6.07) is 5.37. The summed E-state index contributed by atoms with van der Waals surface area (Å²) in [6.45, 7) is 3.58. The third-order valence-electron chi connectivity index (χ3n) is 2.65. The standard InChI is InChI=1S/C13H19N3O3/c1-8(2)11(16-13(14)19)12(18)15-10-5-3-9(7-17)4-6-10/h3-6,8,11,17H,7H2,1-2H3,(H,15,18)(H3,14,16,19). The molecule has 0 bridgehead atoms. The van der Waals surface area contributed by atoms with Gasteiger partial charge in [0, 0.05) is 5.69 Å². The molecular weight excluding hydrogens is 246 g/mol. The normalized spacial score (nSPS) is 12.0. The van der Waals surface area contributed by atoms with Crippen LogP contribution >= 0.6 is 0 Å². The minimum Gasteiger partial charge on any atom is -0.392 e.